The number of aromatic nitrogens is 1. The molecule has 1 aromatic heterocycles. The maximum absolute atomic E-state index is 13.3. The van der Waals surface area contributed by atoms with E-state index in [1.165, 1.54) is 11.3 Å². The third-order valence-corrected chi connectivity index (χ3v) is 7.37. The molecule has 30 heavy (non-hydrogen) atoms. The molecule has 166 valence electrons. The van der Waals surface area contributed by atoms with Crippen LogP contribution in [0.5, 0.6) is 5.75 Å². The molecule has 4 rings (SSSR count). The summed E-state index contributed by atoms with van der Waals surface area (Å²) in [7, 11) is 1.63. The van der Waals surface area contributed by atoms with Crippen LogP contribution in [0.2, 0.25) is 5.02 Å². The Balaban J connectivity index is 0.00000256. The number of carbonyl (C=O) groups is 1. The van der Waals surface area contributed by atoms with Crippen molar-refractivity contribution in [3.63, 3.8) is 0 Å². The minimum Gasteiger partial charge on any atom is -0.494 e. The monoisotopic (exact) mass is 473 g/mol. The van der Waals surface area contributed by atoms with Crippen molar-refractivity contribution < 1.29 is 14.3 Å². The maximum atomic E-state index is 13.3. The van der Waals surface area contributed by atoms with Crippen LogP contribution in [0.3, 0.4) is 0 Å². The number of hydrogen-bond acceptors (Lipinski definition) is 6. The van der Waals surface area contributed by atoms with Gasteiger partial charge in [0.05, 0.1) is 30.0 Å². The minimum absolute atomic E-state index is 0. The fourth-order valence-electron chi connectivity index (χ4n) is 4.19. The summed E-state index contributed by atoms with van der Waals surface area (Å²) >= 11 is 7.89. The topological polar surface area (TPSA) is 54.9 Å². The molecule has 1 saturated carbocycles. The van der Waals surface area contributed by atoms with Crippen molar-refractivity contribution in [3.05, 3.63) is 17.2 Å². The van der Waals surface area contributed by atoms with Gasteiger partial charge in [0, 0.05) is 32.1 Å². The number of nitrogens with zero attached hydrogens (tertiary/aromatic N) is 3. The lowest BCUT2D eigenvalue weighted by atomic mass is 10.1. The molecule has 6 nitrogen and oxygen atoms in total. The number of amides is 1. The fourth-order valence-corrected chi connectivity index (χ4v) is 5.48. The number of hydrogen-bond donors (Lipinski definition) is 0. The van der Waals surface area contributed by atoms with Gasteiger partial charge < -0.3 is 9.47 Å². The number of carbonyl (C=O) groups excluding carboxylic acids is 1. The molecular formula is C21H29Cl2N3O3S. The molecule has 9 heteroatoms. The first-order chi connectivity index (χ1) is 14.2. The Kier molecular flexibility index (Phi) is 8.60. The second-order valence-corrected chi connectivity index (χ2v) is 9.09. The SMILES string of the molecule is COc1ccc(Cl)c2sc(N(CCCN3CCOCC3)C(=O)C3CCCC3)nc12.Cl. The van der Waals surface area contributed by atoms with Crippen LogP contribution in [-0.4, -0.2) is 62.3 Å². The van der Waals surface area contributed by atoms with Crippen molar-refractivity contribution in [1.82, 2.24) is 9.88 Å². The summed E-state index contributed by atoms with van der Waals surface area (Å²) < 4.78 is 11.8. The predicted octanol–water partition coefficient (Wildman–Crippen LogP) is 4.63. The summed E-state index contributed by atoms with van der Waals surface area (Å²) in [6.07, 6.45) is 5.15. The zero-order valence-corrected chi connectivity index (χ0v) is 19.7. The summed E-state index contributed by atoms with van der Waals surface area (Å²) in [6.45, 7) is 5.15. The van der Waals surface area contributed by atoms with E-state index in [1.54, 1.807) is 7.11 Å². The van der Waals surface area contributed by atoms with E-state index in [0.29, 0.717) is 17.3 Å². The zero-order chi connectivity index (χ0) is 20.2. The van der Waals surface area contributed by atoms with Gasteiger partial charge >= 0.3 is 0 Å². The number of halogens is 2. The van der Waals surface area contributed by atoms with Gasteiger partial charge in [-0.15, -0.1) is 12.4 Å². The Morgan fingerprint density at radius 2 is 2.07 bits per heavy atom. The molecule has 2 heterocycles. The molecule has 0 unspecified atom stereocenters. The molecule has 2 aliphatic rings. The van der Waals surface area contributed by atoms with E-state index in [2.05, 4.69) is 4.90 Å². The molecule has 1 saturated heterocycles. The van der Waals surface area contributed by atoms with E-state index in [0.717, 1.165) is 80.3 Å². The van der Waals surface area contributed by atoms with Gasteiger partial charge in [0.15, 0.2) is 5.13 Å². The van der Waals surface area contributed by atoms with Crippen LogP contribution >= 0.6 is 35.3 Å². The van der Waals surface area contributed by atoms with E-state index >= 15 is 0 Å². The highest BCUT2D eigenvalue weighted by Crippen LogP contribution is 2.39. The van der Waals surface area contributed by atoms with Gasteiger partial charge in [0.1, 0.15) is 11.3 Å². The normalized spacial score (nSPS) is 17.8. The van der Waals surface area contributed by atoms with Gasteiger partial charge in [-0.25, -0.2) is 4.98 Å². The third-order valence-electron chi connectivity index (χ3n) is 5.83. The van der Waals surface area contributed by atoms with Crippen LogP contribution in [0.1, 0.15) is 32.1 Å². The molecule has 1 aliphatic heterocycles. The van der Waals surface area contributed by atoms with Crippen molar-refractivity contribution in [3.8, 4) is 5.75 Å². The number of ether oxygens (including phenoxy) is 2. The molecule has 0 radical (unpaired) electrons. The van der Waals surface area contributed by atoms with Crippen molar-refractivity contribution in [1.29, 1.82) is 0 Å². The van der Waals surface area contributed by atoms with Crippen molar-refractivity contribution in [2.75, 3.05) is 51.4 Å². The molecule has 2 fully saturated rings. The lowest BCUT2D eigenvalue weighted by molar-refractivity contribution is -0.122. The highest BCUT2D eigenvalue weighted by molar-refractivity contribution is 7.23. The minimum atomic E-state index is 0. The number of anilines is 1. The summed E-state index contributed by atoms with van der Waals surface area (Å²) in [5.41, 5.74) is 0.734. The van der Waals surface area contributed by atoms with Gasteiger partial charge in [0.25, 0.3) is 0 Å². The van der Waals surface area contributed by atoms with Crippen LogP contribution in [0.15, 0.2) is 12.1 Å². The first-order valence-electron chi connectivity index (χ1n) is 10.4. The summed E-state index contributed by atoms with van der Waals surface area (Å²) in [5, 5.41) is 1.37. The van der Waals surface area contributed by atoms with Crippen LogP contribution < -0.4 is 9.64 Å². The van der Waals surface area contributed by atoms with Gasteiger partial charge in [-0.05, 0) is 31.4 Å². The number of benzene rings is 1. The fraction of sp³-hybridized carbons (Fsp3) is 0.619. The standard InChI is InChI=1S/C21H28ClN3O3S.ClH/c1-27-17-8-7-16(22)19-18(17)23-21(29-19)25(20(26)15-5-2-3-6-15)10-4-9-24-11-13-28-14-12-24;/h7-8,15H,2-6,9-14H2,1H3;1H. The van der Waals surface area contributed by atoms with E-state index in [4.69, 9.17) is 26.1 Å². The Hall–Kier alpha value is -1.12. The van der Waals surface area contributed by atoms with Crippen molar-refractivity contribution in [2.45, 2.75) is 32.1 Å². The van der Waals surface area contributed by atoms with Gasteiger partial charge in [-0.1, -0.05) is 35.8 Å². The first kappa shape index (κ1) is 23.5. The summed E-state index contributed by atoms with van der Waals surface area (Å²) in [6, 6.07) is 3.65. The molecule has 0 bridgehead atoms. The van der Waals surface area contributed by atoms with Crippen LogP contribution in [0.4, 0.5) is 5.13 Å². The third kappa shape index (κ3) is 5.19. The number of morpholine rings is 1. The van der Waals surface area contributed by atoms with Gasteiger partial charge in [-0.2, -0.15) is 0 Å². The Bertz CT molecular complexity index is 851. The highest BCUT2D eigenvalue weighted by Gasteiger charge is 2.30. The Morgan fingerprint density at radius 3 is 2.77 bits per heavy atom. The molecule has 1 aromatic carbocycles. The average molecular weight is 474 g/mol. The molecule has 0 atom stereocenters. The molecular weight excluding hydrogens is 445 g/mol. The smallest absolute Gasteiger partial charge is 0.231 e. The van der Waals surface area contributed by atoms with E-state index < -0.39 is 0 Å². The second kappa shape index (κ2) is 11.0. The predicted molar refractivity (Wildman–Crippen MR) is 125 cm³/mol. The molecule has 2 aromatic rings. The summed E-state index contributed by atoms with van der Waals surface area (Å²) in [5.74, 6) is 1.01. The van der Waals surface area contributed by atoms with Crippen molar-refractivity contribution in [2.24, 2.45) is 5.92 Å². The van der Waals surface area contributed by atoms with E-state index in [1.807, 2.05) is 17.0 Å². The first-order valence-corrected chi connectivity index (χ1v) is 11.6. The molecule has 1 aliphatic carbocycles. The number of fused-ring (bicyclic) bond motifs is 1. The maximum Gasteiger partial charge on any atom is 0.231 e. The Morgan fingerprint density at radius 1 is 1.33 bits per heavy atom. The quantitative estimate of drug-likeness (QED) is 0.586. The number of rotatable bonds is 7. The van der Waals surface area contributed by atoms with E-state index in [9.17, 15) is 4.79 Å². The lowest BCUT2D eigenvalue weighted by Gasteiger charge is -2.28. The second-order valence-electron chi connectivity index (χ2n) is 7.70. The number of methoxy groups -OCH3 is 1. The van der Waals surface area contributed by atoms with Crippen molar-refractivity contribution >= 4 is 56.6 Å². The van der Waals surface area contributed by atoms with Gasteiger partial charge in [-0.3, -0.25) is 14.6 Å². The highest BCUT2D eigenvalue weighted by atomic mass is 35.5. The average Bonchev–Trinajstić information content (AvgIpc) is 3.43. The van der Waals surface area contributed by atoms with Gasteiger partial charge in [0.2, 0.25) is 5.91 Å². The van der Waals surface area contributed by atoms with Crippen LogP contribution in [0, 0.1) is 5.92 Å². The number of thiazole rings is 1. The largest absolute Gasteiger partial charge is 0.494 e. The van der Waals surface area contributed by atoms with Crippen LogP contribution in [0.25, 0.3) is 10.2 Å². The molecule has 0 N–H and O–H groups in total. The van der Waals surface area contributed by atoms with Crippen LogP contribution in [-0.2, 0) is 9.53 Å². The molecule has 1 amide bonds. The summed E-state index contributed by atoms with van der Waals surface area (Å²) in [4.78, 5) is 22.4. The lowest BCUT2D eigenvalue weighted by Crippen LogP contribution is -2.40. The zero-order valence-electron chi connectivity index (χ0n) is 17.3. The van der Waals surface area contributed by atoms with E-state index in [-0.39, 0.29) is 24.2 Å². The molecule has 0 spiro atoms. The Labute approximate surface area is 192 Å².